The van der Waals surface area contributed by atoms with E-state index in [0.29, 0.717) is 11.7 Å². The van der Waals surface area contributed by atoms with Crippen LogP contribution in [0.15, 0.2) is 59.4 Å². The lowest BCUT2D eigenvalue weighted by atomic mass is 9.96. The molecule has 4 heteroatoms. The predicted octanol–water partition coefficient (Wildman–Crippen LogP) is 4.35. The van der Waals surface area contributed by atoms with Gasteiger partial charge in [0.1, 0.15) is 0 Å². The maximum Gasteiger partial charge on any atom is 0.173 e. The molecule has 3 nitrogen and oxygen atoms in total. The fourth-order valence-electron chi connectivity index (χ4n) is 2.20. The van der Waals surface area contributed by atoms with Gasteiger partial charge in [-0.25, -0.2) is 4.99 Å². The number of hydrogen-bond acceptors (Lipinski definition) is 4. The first-order chi connectivity index (χ1) is 10.5. The van der Waals surface area contributed by atoms with Gasteiger partial charge in [-0.1, -0.05) is 62.5 Å². The average Bonchev–Trinajstić information content (AvgIpc) is 2.56. The molecule has 0 aliphatic carbocycles. The number of carbonyl (C=O) groups is 1. The number of likely N-dealkylation sites (N-methyl/N-ethyl adjacent to an activating group) is 1. The molecule has 0 fully saturated rings. The minimum Gasteiger partial charge on any atom is -0.324 e. The lowest BCUT2D eigenvalue weighted by molar-refractivity contribution is 0.102. The molecule has 22 heavy (non-hydrogen) atoms. The SMILES string of the molecule is C=C1C(C(C)CC)=CN=C(SCC(=O)c2ccccc2)N1C. The zero-order chi connectivity index (χ0) is 16.1. The number of thioether (sulfide) groups is 1. The van der Waals surface area contributed by atoms with E-state index >= 15 is 0 Å². The summed E-state index contributed by atoms with van der Waals surface area (Å²) < 4.78 is 0. The van der Waals surface area contributed by atoms with Crippen molar-refractivity contribution in [3.63, 3.8) is 0 Å². The van der Waals surface area contributed by atoms with Crippen molar-refractivity contribution in [1.82, 2.24) is 4.90 Å². The van der Waals surface area contributed by atoms with E-state index in [2.05, 4.69) is 25.4 Å². The standard InChI is InChI=1S/C18H22N2OS/c1-5-13(2)16-11-19-18(20(4)14(16)3)22-12-17(21)15-9-7-6-8-10-15/h6-11,13H,3,5,12H2,1-2,4H3. The predicted molar refractivity (Wildman–Crippen MR) is 95.1 cm³/mol. The minimum atomic E-state index is 0.115. The number of Topliss-reactive ketones (excluding diaryl/α,β-unsaturated/α-hetero) is 1. The Bertz CT molecular complexity index is 619. The molecule has 1 aromatic rings. The highest BCUT2D eigenvalue weighted by molar-refractivity contribution is 8.14. The van der Waals surface area contributed by atoms with Gasteiger partial charge in [0.05, 0.1) is 5.75 Å². The van der Waals surface area contributed by atoms with Crippen LogP contribution in [-0.2, 0) is 0 Å². The zero-order valence-electron chi connectivity index (χ0n) is 13.4. The zero-order valence-corrected chi connectivity index (χ0v) is 14.2. The van der Waals surface area contributed by atoms with Crippen molar-refractivity contribution < 1.29 is 4.79 Å². The molecule has 0 aromatic heterocycles. The number of allylic oxidation sites excluding steroid dienone is 1. The van der Waals surface area contributed by atoms with Crippen LogP contribution in [0.4, 0.5) is 0 Å². The fourth-order valence-corrected chi connectivity index (χ4v) is 3.06. The van der Waals surface area contributed by atoms with Crippen molar-refractivity contribution in [2.24, 2.45) is 10.9 Å². The maximum atomic E-state index is 12.2. The molecule has 0 N–H and O–H groups in total. The van der Waals surface area contributed by atoms with E-state index in [1.807, 2.05) is 48.5 Å². The van der Waals surface area contributed by atoms with Crippen molar-refractivity contribution in [1.29, 1.82) is 0 Å². The van der Waals surface area contributed by atoms with Crippen LogP contribution in [0.1, 0.15) is 30.6 Å². The second kappa shape index (κ2) is 7.45. The molecule has 1 atom stereocenters. The number of carbonyl (C=O) groups excluding carboxylic acids is 1. The Morgan fingerprint density at radius 3 is 2.68 bits per heavy atom. The highest BCUT2D eigenvalue weighted by Gasteiger charge is 2.22. The van der Waals surface area contributed by atoms with Gasteiger partial charge in [0, 0.05) is 24.5 Å². The van der Waals surface area contributed by atoms with Gasteiger partial charge in [-0.15, -0.1) is 0 Å². The number of nitrogens with zero attached hydrogens (tertiary/aromatic N) is 2. The van der Waals surface area contributed by atoms with Gasteiger partial charge in [0.15, 0.2) is 11.0 Å². The van der Waals surface area contributed by atoms with Crippen molar-refractivity contribution in [2.45, 2.75) is 20.3 Å². The van der Waals surface area contributed by atoms with Crippen LogP contribution in [0.3, 0.4) is 0 Å². The van der Waals surface area contributed by atoms with Crippen molar-refractivity contribution in [3.8, 4) is 0 Å². The van der Waals surface area contributed by atoms with Crippen LogP contribution in [0.25, 0.3) is 0 Å². The highest BCUT2D eigenvalue weighted by Crippen LogP contribution is 2.29. The van der Waals surface area contributed by atoms with Gasteiger partial charge >= 0.3 is 0 Å². The second-order valence-electron chi connectivity index (χ2n) is 5.39. The van der Waals surface area contributed by atoms with E-state index in [-0.39, 0.29) is 5.78 Å². The third-order valence-corrected chi connectivity index (χ3v) is 4.95. The summed E-state index contributed by atoms with van der Waals surface area (Å²) in [6, 6.07) is 9.36. The average molecular weight is 314 g/mol. The fraction of sp³-hybridized carbons (Fsp3) is 0.333. The Hall–Kier alpha value is -1.81. The molecule has 0 amide bonds. The van der Waals surface area contributed by atoms with E-state index in [4.69, 9.17) is 0 Å². The molecule has 1 aliphatic heterocycles. The quantitative estimate of drug-likeness (QED) is 0.758. The van der Waals surface area contributed by atoms with Gasteiger partial charge < -0.3 is 4.90 Å². The van der Waals surface area contributed by atoms with Crippen LogP contribution in [0.5, 0.6) is 0 Å². The summed E-state index contributed by atoms with van der Waals surface area (Å²) in [5, 5.41) is 0.821. The number of hydrogen-bond donors (Lipinski definition) is 0. The summed E-state index contributed by atoms with van der Waals surface area (Å²) in [6.07, 6.45) is 2.95. The summed E-state index contributed by atoms with van der Waals surface area (Å²) in [4.78, 5) is 18.6. The van der Waals surface area contributed by atoms with E-state index in [0.717, 1.165) is 22.8 Å². The third-order valence-electron chi connectivity index (χ3n) is 3.91. The molecule has 0 saturated heterocycles. The third kappa shape index (κ3) is 3.69. The molecule has 1 aliphatic rings. The minimum absolute atomic E-state index is 0.115. The summed E-state index contributed by atoms with van der Waals surface area (Å²) in [5.41, 5.74) is 2.88. The van der Waals surface area contributed by atoms with Gasteiger partial charge in [0.25, 0.3) is 0 Å². The molecule has 0 radical (unpaired) electrons. The molecule has 1 unspecified atom stereocenters. The topological polar surface area (TPSA) is 32.7 Å². The van der Waals surface area contributed by atoms with Gasteiger partial charge in [-0.2, -0.15) is 0 Å². The first-order valence-corrected chi connectivity index (χ1v) is 8.45. The Kier molecular flexibility index (Phi) is 5.61. The Labute approximate surface area is 136 Å². The number of amidine groups is 1. The summed E-state index contributed by atoms with van der Waals surface area (Å²) in [7, 11) is 1.95. The number of ketones is 1. The first-order valence-electron chi connectivity index (χ1n) is 7.46. The summed E-state index contributed by atoms with van der Waals surface area (Å²) >= 11 is 1.45. The van der Waals surface area contributed by atoms with Crippen LogP contribution in [0.2, 0.25) is 0 Å². The Morgan fingerprint density at radius 1 is 1.36 bits per heavy atom. The molecule has 0 bridgehead atoms. The largest absolute Gasteiger partial charge is 0.324 e. The van der Waals surface area contributed by atoms with Crippen molar-refractivity contribution in [2.75, 3.05) is 12.8 Å². The van der Waals surface area contributed by atoms with Crippen LogP contribution in [-0.4, -0.2) is 28.7 Å². The van der Waals surface area contributed by atoms with E-state index in [9.17, 15) is 4.79 Å². The van der Waals surface area contributed by atoms with Crippen LogP contribution >= 0.6 is 11.8 Å². The van der Waals surface area contributed by atoms with Crippen molar-refractivity contribution in [3.05, 3.63) is 59.9 Å². The summed E-state index contributed by atoms with van der Waals surface area (Å²) in [5.74, 6) is 0.938. The molecule has 0 spiro atoms. The molecule has 116 valence electrons. The van der Waals surface area contributed by atoms with Crippen LogP contribution < -0.4 is 0 Å². The molecule has 2 rings (SSSR count). The highest BCUT2D eigenvalue weighted by atomic mass is 32.2. The van der Waals surface area contributed by atoms with Gasteiger partial charge in [0.2, 0.25) is 0 Å². The van der Waals surface area contributed by atoms with Crippen molar-refractivity contribution >= 4 is 22.7 Å². The van der Waals surface area contributed by atoms with E-state index < -0.39 is 0 Å². The molecule has 1 heterocycles. The monoisotopic (exact) mass is 314 g/mol. The molecule has 1 aromatic carbocycles. The number of rotatable bonds is 5. The second-order valence-corrected chi connectivity index (χ2v) is 6.33. The summed E-state index contributed by atoms with van der Waals surface area (Å²) in [6.45, 7) is 8.50. The number of benzene rings is 1. The normalized spacial score (nSPS) is 16.1. The van der Waals surface area contributed by atoms with E-state index in [1.165, 1.54) is 17.3 Å². The first kappa shape index (κ1) is 16.6. The number of aliphatic imine (C=N–C) groups is 1. The van der Waals surface area contributed by atoms with E-state index in [1.54, 1.807) is 0 Å². The molecule has 0 saturated carbocycles. The Balaban J connectivity index is 2.04. The molecular formula is C18H22N2OS. The lowest BCUT2D eigenvalue weighted by Gasteiger charge is -2.29. The maximum absolute atomic E-state index is 12.2. The Morgan fingerprint density at radius 2 is 2.05 bits per heavy atom. The van der Waals surface area contributed by atoms with Gasteiger partial charge in [-0.05, 0) is 17.9 Å². The van der Waals surface area contributed by atoms with Gasteiger partial charge in [-0.3, -0.25) is 4.79 Å². The smallest absolute Gasteiger partial charge is 0.173 e. The van der Waals surface area contributed by atoms with Crippen LogP contribution in [0, 0.1) is 5.92 Å². The lowest BCUT2D eigenvalue weighted by Crippen LogP contribution is -2.28. The molecular weight excluding hydrogens is 292 g/mol.